The maximum absolute atomic E-state index is 12.8. The van der Waals surface area contributed by atoms with Gasteiger partial charge in [-0.15, -0.1) is 0 Å². The minimum absolute atomic E-state index is 0.199. The molecule has 0 amide bonds. The van der Waals surface area contributed by atoms with Gasteiger partial charge in [0.2, 0.25) is 0 Å². The molecule has 0 bridgehead atoms. The summed E-state index contributed by atoms with van der Waals surface area (Å²) in [4.78, 5) is 25.4. The quantitative estimate of drug-likeness (QED) is 0.0269. The molecule has 1 heterocycles. The molecule has 1 saturated heterocycles. The summed E-state index contributed by atoms with van der Waals surface area (Å²) in [6, 6.07) is 0. The van der Waals surface area contributed by atoms with E-state index in [1.165, 1.54) is 64.2 Å². The molecule has 340 valence electrons. The van der Waals surface area contributed by atoms with Crippen molar-refractivity contribution in [2.24, 2.45) is 0 Å². The molecule has 6 atom stereocenters. The largest absolute Gasteiger partial charge is 0.462 e. The topological polar surface area (TPSA) is 152 Å². The Kier molecular flexibility index (Phi) is 36.5. The highest BCUT2D eigenvalue weighted by Gasteiger charge is 2.44. The fourth-order valence-corrected chi connectivity index (χ4v) is 6.70. The third kappa shape index (κ3) is 31.0. The molecule has 6 unspecified atom stereocenters. The van der Waals surface area contributed by atoms with E-state index in [1.54, 1.807) is 0 Å². The highest BCUT2D eigenvalue weighted by atomic mass is 16.7. The summed E-state index contributed by atoms with van der Waals surface area (Å²) in [5.41, 5.74) is 0. The first kappa shape index (κ1) is 54.4. The number of esters is 2. The number of rotatable bonds is 38. The molecule has 0 radical (unpaired) electrons. The Morgan fingerprint density at radius 1 is 0.542 bits per heavy atom. The first-order valence-electron chi connectivity index (χ1n) is 23.4. The number of allylic oxidation sites excluding steroid dienone is 10. The van der Waals surface area contributed by atoms with Crippen LogP contribution in [0, 0.1) is 0 Å². The van der Waals surface area contributed by atoms with Crippen LogP contribution in [0.1, 0.15) is 181 Å². The predicted octanol–water partition coefficient (Wildman–Crippen LogP) is 10.2. The smallest absolute Gasteiger partial charge is 0.306 e. The van der Waals surface area contributed by atoms with E-state index in [0.29, 0.717) is 12.8 Å². The van der Waals surface area contributed by atoms with Crippen molar-refractivity contribution in [1.82, 2.24) is 0 Å². The zero-order chi connectivity index (χ0) is 43.0. The molecule has 59 heavy (non-hydrogen) atoms. The Balaban J connectivity index is 2.34. The van der Waals surface area contributed by atoms with Crippen LogP contribution >= 0.6 is 0 Å². The standard InChI is InChI=1S/C49H84O10/c1-3-5-7-9-11-13-15-17-19-21-23-25-27-29-31-33-35-37-44(51)56-40-42(41-57-49-48(55)47(54)46(53)43(39-50)59-49)58-45(52)38-36-34-32-30-28-26-24-22-20-18-16-14-12-10-8-6-4-2/h6,8,12,14,17-20,24,26,42-43,46-50,53-55H,3-5,7,9-11,13,15-16,21-23,25,27-41H2,1-2H3/b8-6-,14-12-,19-17-,20-18-,26-24-. The fourth-order valence-electron chi connectivity index (χ4n) is 6.70. The SMILES string of the molecule is CC/C=C\C/C=C\C/C=C\C/C=C\CCCCCCC(=O)OC(COC(=O)CCCCCCCCC/C=C\CCCCCCCC)COC1OC(CO)C(O)C(O)C1O. The monoisotopic (exact) mass is 833 g/mol. The van der Waals surface area contributed by atoms with E-state index in [2.05, 4.69) is 74.6 Å². The number of aliphatic hydroxyl groups excluding tert-OH is 4. The van der Waals surface area contributed by atoms with Gasteiger partial charge < -0.3 is 39.4 Å². The molecule has 10 heteroatoms. The summed E-state index contributed by atoms with van der Waals surface area (Å²) in [6.07, 6.45) is 40.8. The van der Waals surface area contributed by atoms with Gasteiger partial charge in [-0.2, -0.15) is 0 Å². The molecule has 0 aliphatic carbocycles. The van der Waals surface area contributed by atoms with Gasteiger partial charge in [-0.1, -0.05) is 152 Å². The van der Waals surface area contributed by atoms with Crippen LogP contribution in [-0.2, 0) is 28.5 Å². The molecule has 0 spiro atoms. The molecule has 0 aromatic heterocycles. The Hall–Kier alpha value is -2.60. The van der Waals surface area contributed by atoms with Gasteiger partial charge >= 0.3 is 11.9 Å². The lowest BCUT2D eigenvalue weighted by molar-refractivity contribution is -0.305. The Morgan fingerprint density at radius 3 is 1.53 bits per heavy atom. The van der Waals surface area contributed by atoms with Crippen molar-refractivity contribution in [2.45, 2.75) is 218 Å². The summed E-state index contributed by atoms with van der Waals surface area (Å²) >= 11 is 0. The fraction of sp³-hybridized carbons (Fsp3) is 0.755. The van der Waals surface area contributed by atoms with Crippen molar-refractivity contribution in [3.8, 4) is 0 Å². The average Bonchev–Trinajstić information content (AvgIpc) is 3.23. The van der Waals surface area contributed by atoms with Crippen LogP contribution in [0.15, 0.2) is 60.8 Å². The highest BCUT2D eigenvalue weighted by Crippen LogP contribution is 2.22. The van der Waals surface area contributed by atoms with Crippen LogP contribution in [0.3, 0.4) is 0 Å². The van der Waals surface area contributed by atoms with Gasteiger partial charge in [0.05, 0.1) is 13.2 Å². The molecule has 10 nitrogen and oxygen atoms in total. The van der Waals surface area contributed by atoms with Crippen LogP contribution < -0.4 is 0 Å². The molecule has 1 rings (SSSR count). The van der Waals surface area contributed by atoms with E-state index in [4.69, 9.17) is 18.9 Å². The van der Waals surface area contributed by atoms with E-state index >= 15 is 0 Å². The van der Waals surface area contributed by atoms with Gasteiger partial charge in [0.15, 0.2) is 12.4 Å². The Bertz CT molecular complexity index is 1150. The molecule has 4 N–H and O–H groups in total. The summed E-state index contributed by atoms with van der Waals surface area (Å²) in [5, 5.41) is 40.1. The van der Waals surface area contributed by atoms with E-state index < -0.39 is 49.4 Å². The van der Waals surface area contributed by atoms with E-state index in [9.17, 15) is 30.0 Å². The molecule has 0 aromatic carbocycles. The molecule has 1 fully saturated rings. The number of ether oxygens (including phenoxy) is 4. The van der Waals surface area contributed by atoms with Crippen LogP contribution in [0.2, 0.25) is 0 Å². The summed E-state index contributed by atoms with van der Waals surface area (Å²) in [5.74, 6) is -0.841. The Labute approximate surface area is 358 Å². The molecular formula is C49H84O10. The van der Waals surface area contributed by atoms with Crippen LogP contribution in [0.25, 0.3) is 0 Å². The minimum Gasteiger partial charge on any atom is -0.462 e. The maximum atomic E-state index is 12.8. The normalized spacial score (nSPS) is 20.5. The van der Waals surface area contributed by atoms with Crippen molar-refractivity contribution in [1.29, 1.82) is 0 Å². The lowest BCUT2D eigenvalue weighted by Gasteiger charge is -2.39. The molecule has 1 aliphatic heterocycles. The lowest BCUT2D eigenvalue weighted by atomic mass is 9.99. The van der Waals surface area contributed by atoms with E-state index in [-0.39, 0.29) is 32.0 Å². The second-order valence-electron chi connectivity index (χ2n) is 15.8. The highest BCUT2D eigenvalue weighted by molar-refractivity contribution is 5.70. The van der Waals surface area contributed by atoms with Gasteiger partial charge in [-0.3, -0.25) is 9.59 Å². The van der Waals surface area contributed by atoms with Crippen molar-refractivity contribution >= 4 is 11.9 Å². The van der Waals surface area contributed by atoms with E-state index in [0.717, 1.165) is 77.0 Å². The van der Waals surface area contributed by atoms with Crippen LogP contribution in [0.5, 0.6) is 0 Å². The molecule has 0 saturated carbocycles. The maximum Gasteiger partial charge on any atom is 0.306 e. The van der Waals surface area contributed by atoms with Crippen LogP contribution in [0.4, 0.5) is 0 Å². The number of hydrogen-bond acceptors (Lipinski definition) is 10. The zero-order valence-electron chi connectivity index (χ0n) is 37.0. The average molecular weight is 833 g/mol. The Morgan fingerprint density at radius 2 is 1.00 bits per heavy atom. The molecule has 0 aromatic rings. The summed E-state index contributed by atoms with van der Waals surface area (Å²) in [7, 11) is 0. The summed E-state index contributed by atoms with van der Waals surface area (Å²) < 4.78 is 22.2. The van der Waals surface area contributed by atoms with Crippen molar-refractivity contribution in [2.75, 3.05) is 19.8 Å². The van der Waals surface area contributed by atoms with Gasteiger partial charge in [-0.25, -0.2) is 0 Å². The van der Waals surface area contributed by atoms with Gasteiger partial charge in [0.25, 0.3) is 0 Å². The number of carbonyl (C=O) groups excluding carboxylic acids is 2. The summed E-state index contributed by atoms with van der Waals surface area (Å²) in [6.45, 7) is 3.27. The lowest BCUT2D eigenvalue weighted by Crippen LogP contribution is -2.59. The van der Waals surface area contributed by atoms with Crippen molar-refractivity contribution in [3.63, 3.8) is 0 Å². The van der Waals surface area contributed by atoms with Gasteiger partial charge in [0, 0.05) is 12.8 Å². The van der Waals surface area contributed by atoms with Crippen molar-refractivity contribution in [3.05, 3.63) is 60.8 Å². The second kappa shape index (κ2) is 39.5. The third-order valence-electron chi connectivity index (χ3n) is 10.4. The van der Waals surface area contributed by atoms with Gasteiger partial charge in [-0.05, 0) is 77.0 Å². The molecular weight excluding hydrogens is 749 g/mol. The number of hydrogen-bond donors (Lipinski definition) is 4. The first-order valence-corrected chi connectivity index (χ1v) is 23.4. The van der Waals surface area contributed by atoms with E-state index in [1.807, 2.05) is 0 Å². The second-order valence-corrected chi connectivity index (χ2v) is 15.8. The minimum atomic E-state index is -1.60. The van der Waals surface area contributed by atoms with Crippen LogP contribution in [-0.4, -0.2) is 89.0 Å². The zero-order valence-corrected chi connectivity index (χ0v) is 37.0. The molecule has 1 aliphatic rings. The van der Waals surface area contributed by atoms with Crippen molar-refractivity contribution < 1.29 is 49.0 Å². The number of aliphatic hydroxyl groups is 4. The first-order chi connectivity index (χ1) is 28.8. The number of unbranched alkanes of at least 4 members (excludes halogenated alkanes) is 17. The number of carbonyl (C=O) groups is 2. The third-order valence-corrected chi connectivity index (χ3v) is 10.4. The van der Waals surface area contributed by atoms with Gasteiger partial charge in [0.1, 0.15) is 31.0 Å². The predicted molar refractivity (Wildman–Crippen MR) is 238 cm³/mol.